The van der Waals surface area contributed by atoms with Crippen molar-refractivity contribution in [3.05, 3.63) is 29.3 Å². The lowest BCUT2D eigenvalue weighted by Crippen LogP contribution is -2.01. The molecule has 0 saturated carbocycles. The van der Waals surface area contributed by atoms with Gasteiger partial charge in [-0.25, -0.2) is 4.79 Å². The monoisotopic (exact) mass is 187 g/mol. The molecule has 1 aromatic carbocycles. The highest BCUT2D eigenvalue weighted by molar-refractivity contribution is 5.90. The van der Waals surface area contributed by atoms with Gasteiger partial charge in [0.1, 0.15) is 0 Å². The smallest absolute Gasteiger partial charge is 0.336 e. The Labute approximate surface area is 76.6 Å². The number of carboxylic acids is 1. The molecule has 12 heavy (non-hydrogen) atoms. The van der Waals surface area contributed by atoms with E-state index < -0.39 is 5.97 Å². The molecule has 0 heterocycles. The lowest BCUT2D eigenvalue weighted by Gasteiger charge is -2.02. The van der Waals surface area contributed by atoms with Crippen LogP contribution in [0.1, 0.15) is 15.9 Å². The fraction of sp³-hybridized carbons (Fsp3) is 0.125. The van der Waals surface area contributed by atoms with Crippen LogP contribution in [0.2, 0.25) is 0 Å². The SMILES string of the molecule is Cc1c(N)cccc1C(=O)O.Cl. The number of nitrogens with two attached hydrogens (primary N) is 1. The molecule has 4 heteroatoms. The fourth-order valence-electron chi connectivity index (χ4n) is 0.885. The van der Waals surface area contributed by atoms with Crippen LogP contribution in [0, 0.1) is 6.92 Å². The molecule has 0 aliphatic carbocycles. The summed E-state index contributed by atoms with van der Waals surface area (Å²) >= 11 is 0. The van der Waals surface area contributed by atoms with E-state index in [0.29, 0.717) is 11.3 Å². The van der Waals surface area contributed by atoms with Gasteiger partial charge < -0.3 is 10.8 Å². The van der Waals surface area contributed by atoms with Gasteiger partial charge in [0.2, 0.25) is 0 Å². The van der Waals surface area contributed by atoms with Crippen molar-refractivity contribution < 1.29 is 9.90 Å². The third-order valence-electron chi connectivity index (χ3n) is 1.61. The first-order valence-electron chi connectivity index (χ1n) is 3.21. The number of nitrogen functional groups attached to an aromatic ring is 1. The second kappa shape index (κ2) is 3.97. The zero-order valence-electron chi connectivity index (χ0n) is 6.57. The first-order valence-corrected chi connectivity index (χ1v) is 3.21. The maximum atomic E-state index is 10.5. The van der Waals surface area contributed by atoms with Crippen LogP contribution in [0.25, 0.3) is 0 Å². The number of rotatable bonds is 1. The van der Waals surface area contributed by atoms with E-state index in [1.807, 2.05) is 0 Å². The second-order valence-electron chi connectivity index (χ2n) is 2.32. The van der Waals surface area contributed by atoms with Gasteiger partial charge in [-0.1, -0.05) is 6.07 Å². The van der Waals surface area contributed by atoms with Crippen molar-refractivity contribution in [1.82, 2.24) is 0 Å². The summed E-state index contributed by atoms with van der Waals surface area (Å²) in [5.41, 5.74) is 6.91. The molecule has 1 aromatic rings. The van der Waals surface area contributed by atoms with Gasteiger partial charge in [-0.05, 0) is 24.6 Å². The molecule has 3 nitrogen and oxygen atoms in total. The van der Waals surface area contributed by atoms with Gasteiger partial charge in [-0.3, -0.25) is 0 Å². The highest BCUT2D eigenvalue weighted by atomic mass is 35.5. The first kappa shape index (κ1) is 10.8. The molecule has 0 saturated heterocycles. The first-order chi connectivity index (χ1) is 5.13. The Morgan fingerprint density at radius 2 is 2.08 bits per heavy atom. The molecule has 1 rings (SSSR count). The average Bonchev–Trinajstić information content (AvgIpc) is 1.94. The number of carbonyl (C=O) groups is 1. The number of hydrogen-bond acceptors (Lipinski definition) is 2. The summed E-state index contributed by atoms with van der Waals surface area (Å²) in [4.78, 5) is 10.5. The summed E-state index contributed by atoms with van der Waals surface area (Å²) in [5.74, 6) is -0.935. The van der Waals surface area contributed by atoms with Crippen LogP contribution < -0.4 is 5.73 Å². The Kier molecular flexibility index (Phi) is 3.57. The van der Waals surface area contributed by atoms with E-state index >= 15 is 0 Å². The predicted octanol–water partition coefficient (Wildman–Crippen LogP) is 1.70. The van der Waals surface area contributed by atoms with Crippen molar-refractivity contribution in [2.75, 3.05) is 5.73 Å². The van der Waals surface area contributed by atoms with Crippen LogP contribution >= 0.6 is 12.4 Å². The van der Waals surface area contributed by atoms with Gasteiger partial charge in [0.25, 0.3) is 0 Å². The number of benzene rings is 1. The molecule has 0 aliphatic rings. The molecule has 0 atom stereocenters. The van der Waals surface area contributed by atoms with Gasteiger partial charge in [0.05, 0.1) is 5.56 Å². The summed E-state index contributed by atoms with van der Waals surface area (Å²) in [6.45, 7) is 1.69. The average molecular weight is 188 g/mol. The zero-order chi connectivity index (χ0) is 8.43. The quantitative estimate of drug-likeness (QED) is 0.658. The Balaban J connectivity index is 0.00000121. The number of aromatic carboxylic acids is 1. The standard InChI is InChI=1S/C8H9NO2.ClH/c1-5-6(8(10)11)3-2-4-7(5)9;/h2-4H,9H2,1H3,(H,10,11);1H. The minimum absolute atomic E-state index is 0. The van der Waals surface area contributed by atoms with Crippen molar-refractivity contribution in [3.63, 3.8) is 0 Å². The lowest BCUT2D eigenvalue weighted by molar-refractivity contribution is 0.0696. The van der Waals surface area contributed by atoms with Crippen LogP contribution in [0.3, 0.4) is 0 Å². The van der Waals surface area contributed by atoms with E-state index in [2.05, 4.69) is 0 Å². The summed E-state index contributed by atoms with van der Waals surface area (Å²) in [6.07, 6.45) is 0. The van der Waals surface area contributed by atoms with E-state index in [0.717, 1.165) is 0 Å². The molecular weight excluding hydrogens is 178 g/mol. The Morgan fingerprint density at radius 3 is 2.50 bits per heavy atom. The van der Waals surface area contributed by atoms with Gasteiger partial charge in [0, 0.05) is 5.69 Å². The summed E-state index contributed by atoms with van der Waals surface area (Å²) in [6, 6.07) is 4.85. The lowest BCUT2D eigenvalue weighted by atomic mass is 10.1. The molecule has 0 aliphatic heterocycles. The summed E-state index contributed by atoms with van der Waals surface area (Å²) in [5, 5.41) is 8.63. The molecular formula is C8H10ClNO2. The van der Waals surface area contributed by atoms with Crippen LogP contribution in [-0.2, 0) is 0 Å². The van der Waals surface area contributed by atoms with E-state index in [4.69, 9.17) is 10.8 Å². The Morgan fingerprint density at radius 1 is 1.50 bits per heavy atom. The van der Waals surface area contributed by atoms with Crippen molar-refractivity contribution in [3.8, 4) is 0 Å². The van der Waals surface area contributed by atoms with E-state index in [1.54, 1.807) is 19.1 Å². The maximum absolute atomic E-state index is 10.5. The molecule has 0 radical (unpaired) electrons. The number of hydrogen-bond donors (Lipinski definition) is 2. The molecule has 0 fully saturated rings. The van der Waals surface area contributed by atoms with E-state index in [1.165, 1.54) is 6.07 Å². The molecule has 0 aromatic heterocycles. The fourth-order valence-corrected chi connectivity index (χ4v) is 0.885. The number of halogens is 1. The third kappa shape index (κ3) is 1.89. The topological polar surface area (TPSA) is 63.3 Å². The second-order valence-corrected chi connectivity index (χ2v) is 2.32. The largest absolute Gasteiger partial charge is 0.478 e. The minimum atomic E-state index is -0.935. The molecule has 66 valence electrons. The minimum Gasteiger partial charge on any atom is -0.478 e. The molecule has 3 N–H and O–H groups in total. The van der Waals surface area contributed by atoms with Gasteiger partial charge in [0.15, 0.2) is 0 Å². The van der Waals surface area contributed by atoms with Crippen molar-refractivity contribution >= 4 is 24.1 Å². The highest BCUT2D eigenvalue weighted by Gasteiger charge is 2.06. The Hall–Kier alpha value is -1.22. The Bertz CT molecular complexity index is 299. The molecule has 0 bridgehead atoms. The van der Waals surface area contributed by atoms with E-state index in [9.17, 15) is 4.79 Å². The van der Waals surface area contributed by atoms with Gasteiger partial charge in [-0.15, -0.1) is 12.4 Å². The maximum Gasteiger partial charge on any atom is 0.336 e. The molecule has 0 spiro atoms. The number of carboxylic acid groups (broad SMARTS) is 1. The zero-order valence-corrected chi connectivity index (χ0v) is 7.39. The molecule has 0 amide bonds. The van der Waals surface area contributed by atoms with Crippen LogP contribution in [0.15, 0.2) is 18.2 Å². The van der Waals surface area contributed by atoms with Crippen molar-refractivity contribution in [1.29, 1.82) is 0 Å². The summed E-state index contributed by atoms with van der Waals surface area (Å²) < 4.78 is 0. The van der Waals surface area contributed by atoms with Crippen molar-refractivity contribution in [2.24, 2.45) is 0 Å². The number of anilines is 1. The third-order valence-corrected chi connectivity index (χ3v) is 1.61. The normalized spacial score (nSPS) is 8.75. The van der Waals surface area contributed by atoms with Crippen LogP contribution in [-0.4, -0.2) is 11.1 Å². The van der Waals surface area contributed by atoms with Crippen molar-refractivity contribution in [2.45, 2.75) is 6.92 Å². The van der Waals surface area contributed by atoms with Gasteiger partial charge >= 0.3 is 5.97 Å². The molecule has 0 unspecified atom stereocenters. The van der Waals surface area contributed by atoms with Crippen LogP contribution in [0.5, 0.6) is 0 Å². The highest BCUT2D eigenvalue weighted by Crippen LogP contribution is 2.14. The van der Waals surface area contributed by atoms with Crippen LogP contribution in [0.4, 0.5) is 5.69 Å². The van der Waals surface area contributed by atoms with E-state index in [-0.39, 0.29) is 18.0 Å². The predicted molar refractivity (Wildman–Crippen MR) is 49.8 cm³/mol. The summed E-state index contributed by atoms with van der Waals surface area (Å²) in [7, 11) is 0. The van der Waals surface area contributed by atoms with Gasteiger partial charge in [-0.2, -0.15) is 0 Å².